The average molecular weight is 386 g/mol. The Morgan fingerprint density at radius 1 is 1.03 bits per heavy atom. The van der Waals surface area contributed by atoms with Crippen LogP contribution in [0.25, 0.3) is 5.57 Å². The number of allylic oxidation sites excluding steroid dienone is 5. The van der Waals surface area contributed by atoms with Crippen molar-refractivity contribution in [2.45, 2.75) is 48.0 Å². The number of benzene rings is 2. The van der Waals surface area contributed by atoms with E-state index in [-0.39, 0.29) is 5.78 Å². The topological polar surface area (TPSA) is 29.4 Å². The zero-order valence-corrected chi connectivity index (χ0v) is 18.5. The van der Waals surface area contributed by atoms with Crippen molar-refractivity contribution in [3.63, 3.8) is 0 Å². The summed E-state index contributed by atoms with van der Waals surface area (Å²) in [6.07, 6.45) is 7.10. The molecule has 29 heavy (non-hydrogen) atoms. The molecule has 0 amide bonds. The second kappa shape index (κ2) is 9.97. The first-order chi connectivity index (χ1) is 13.8. The standard InChI is InChI=1S/C27H31NO/c1-8-10-11-25(18(3)9-2)24-13-12-19(4)26(17-24)21(6)28-27-15-14-23(22(7)29)16-20(27)5/h8,10-17H,3,9H2,1-2,4-7H3/b10-8-,25-11+,28-21?. The Kier molecular flexibility index (Phi) is 7.67. The molecule has 2 aromatic rings. The summed E-state index contributed by atoms with van der Waals surface area (Å²) in [7, 11) is 0. The van der Waals surface area contributed by atoms with E-state index in [0.717, 1.165) is 45.7 Å². The van der Waals surface area contributed by atoms with E-state index in [4.69, 9.17) is 4.99 Å². The zero-order chi connectivity index (χ0) is 21.6. The number of carbonyl (C=O) groups excluding carboxylic acids is 1. The molecule has 0 aliphatic heterocycles. The van der Waals surface area contributed by atoms with Crippen LogP contribution in [0.3, 0.4) is 0 Å². The number of rotatable bonds is 7. The molecule has 0 atom stereocenters. The summed E-state index contributed by atoms with van der Waals surface area (Å²) in [6.45, 7) is 16.1. The molecule has 2 nitrogen and oxygen atoms in total. The molecule has 0 unspecified atom stereocenters. The van der Waals surface area contributed by atoms with Gasteiger partial charge in [-0.2, -0.15) is 0 Å². The Morgan fingerprint density at radius 2 is 1.72 bits per heavy atom. The van der Waals surface area contributed by atoms with E-state index < -0.39 is 0 Å². The van der Waals surface area contributed by atoms with Gasteiger partial charge in [-0.15, -0.1) is 0 Å². The van der Waals surface area contributed by atoms with Gasteiger partial charge in [0.25, 0.3) is 0 Å². The van der Waals surface area contributed by atoms with Gasteiger partial charge in [0.1, 0.15) is 0 Å². The number of aryl methyl sites for hydroxylation is 2. The first-order valence-electron chi connectivity index (χ1n) is 10.1. The van der Waals surface area contributed by atoms with Crippen LogP contribution in [-0.4, -0.2) is 11.5 Å². The maximum atomic E-state index is 11.6. The molecule has 0 bridgehead atoms. The van der Waals surface area contributed by atoms with Crippen molar-refractivity contribution in [1.82, 2.24) is 0 Å². The Labute approximate surface area is 175 Å². The Morgan fingerprint density at radius 3 is 2.31 bits per heavy atom. The summed E-state index contributed by atoms with van der Waals surface area (Å²) in [5.74, 6) is 0.0699. The molecule has 0 spiro atoms. The highest BCUT2D eigenvalue weighted by atomic mass is 16.1. The van der Waals surface area contributed by atoms with Gasteiger partial charge < -0.3 is 0 Å². The maximum Gasteiger partial charge on any atom is 0.159 e. The minimum Gasteiger partial charge on any atom is -0.295 e. The van der Waals surface area contributed by atoms with Gasteiger partial charge in [0, 0.05) is 11.3 Å². The largest absolute Gasteiger partial charge is 0.295 e. The molecule has 2 heteroatoms. The Balaban J connectivity index is 2.52. The third kappa shape index (κ3) is 5.51. The van der Waals surface area contributed by atoms with Crippen molar-refractivity contribution >= 4 is 22.8 Å². The van der Waals surface area contributed by atoms with Gasteiger partial charge in [-0.05, 0) is 98.7 Å². The van der Waals surface area contributed by atoms with Gasteiger partial charge in [0.05, 0.1) is 5.69 Å². The normalized spacial score (nSPS) is 12.5. The van der Waals surface area contributed by atoms with Crippen LogP contribution in [-0.2, 0) is 0 Å². The lowest BCUT2D eigenvalue weighted by atomic mass is 9.92. The second-order valence-corrected chi connectivity index (χ2v) is 7.35. The number of aliphatic imine (C=N–C) groups is 1. The molecule has 0 saturated carbocycles. The SMILES string of the molecule is C=C(CC)/C(=C\C=C/C)c1ccc(C)c(C(C)=Nc2ccc(C(C)=O)cc2C)c1. The summed E-state index contributed by atoms with van der Waals surface area (Å²) >= 11 is 0. The number of hydrogen-bond acceptors (Lipinski definition) is 2. The fourth-order valence-electron chi connectivity index (χ4n) is 3.22. The molecule has 0 heterocycles. The van der Waals surface area contributed by atoms with Crippen molar-refractivity contribution in [3.05, 3.63) is 94.6 Å². The van der Waals surface area contributed by atoms with E-state index >= 15 is 0 Å². The zero-order valence-electron chi connectivity index (χ0n) is 18.5. The molecule has 0 aliphatic rings. The fraction of sp³-hybridized carbons (Fsp3) is 0.259. The van der Waals surface area contributed by atoms with Crippen molar-refractivity contribution in [2.24, 2.45) is 4.99 Å². The van der Waals surface area contributed by atoms with Crippen LogP contribution in [0.5, 0.6) is 0 Å². The number of ketones is 1. The minimum atomic E-state index is 0.0699. The minimum absolute atomic E-state index is 0.0699. The summed E-state index contributed by atoms with van der Waals surface area (Å²) in [4.78, 5) is 16.5. The highest BCUT2D eigenvalue weighted by Crippen LogP contribution is 2.28. The summed E-state index contributed by atoms with van der Waals surface area (Å²) in [5, 5.41) is 0. The quantitative estimate of drug-likeness (QED) is 0.274. The van der Waals surface area contributed by atoms with E-state index in [9.17, 15) is 4.79 Å². The highest BCUT2D eigenvalue weighted by molar-refractivity contribution is 6.03. The van der Waals surface area contributed by atoms with E-state index in [1.54, 1.807) is 6.92 Å². The van der Waals surface area contributed by atoms with Gasteiger partial charge in [-0.3, -0.25) is 9.79 Å². The molecule has 0 saturated heterocycles. The van der Waals surface area contributed by atoms with Crippen LogP contribution >= 0.6 is 0 Å². The molecule has 0 aliphatic carbocycles. The van der Waals surface area contributed by atoms with Gasteiger partial charge in [0.2, 0.25) is 0 Å². The highest BCUT2D eigenvalue weighted by Gasteiger charge is 2.10. The van der Waals surface area contributed by atoms with Crippen LogP contribution in [0.15, 0.2) is 71.8 Å². The molecule has 0 radical (unpaired) electrons. The molecule has 150 valence electrons. The van der Waals surface area contributed by atoms with Crippen molar-refractivity contribution in [1.29, 1.82) is 0 Å². The number of nitrogens with zero attached hydrogens (tertiary/aromatic N) is 1. The first kappa shape index (κ1) is 22.3. The molecule has 0 fully saturated rings. The average Bonchev–Trinajstić information content (AvgIpc) is 2.70. The van der Waals surface area contributed by atoms with Crippen LogP contribution in [0.2, 0.25) is 0 Å². The lowest BCUT2D eigenvalue weighted by molar-refractivity contribution is 0.101. The predicted molar refractivity (Wildman–Crippen MR) is 126 cm³/mol. The van der Waals surface area contributed by atoms with Gasteiger partial charge in [-0.1, -0.05) is 43.9 Å². The van der Waals surface area contributed by atoms with Crippen LogP contribution < -0.4 is 0 Å². The van der Waals surface area contributed by atoms with E-state index in [0.29, 0.717) is 5.56 Å². The van der Waals surface area contributed by atoms with Crippen LogP contribution in [0, 0.1) is 13.8 Å². The van der Waals surface area contributed by atoms with Crippen molar-refractivity contribution in [3.8, 4) is 0 Å². The summed E-state index contributed by atoms with van der Waals surface area (Å²) < 4.78 is 0. The Bertz CT molecular complexity index is 1020. The van der Waals surface area contributed by atoms with E-state index in [2.05, 4.69) is 50.8 Å². The maximum absolute atomic E-state index is 11.6. The summed E-state index contributed by atoms with van der Waals surface area (Å²) in [6, 6.07) is 12.2. The lowest BCUT2D eigenvalue weighted by Crippen LogP contribution is -2.01. The molecular weight excluding hydrogens is 354 g/mol. The second-order valence-electron chi connectivity index (χ2n) is 7.35. The van der Waals surface area contributed by atoms with Crippen molar-refractivity contribution in [2.75, 3.05) is 0 Å². The van der Waals surface area contributed by atoms with E-state index in [1.165, 1.54) is 5.56 Å². The van der Waals surface area contributed by atoms with Crippen LogP contribution in [0.1, 0.15) is 66.7 Å². The lowest BCUT2D eigenvalue weighted by Gasteiger charge is -2.14. The van der Waals surface area contributed by atoms with Gasteiger partial charge in [0.15, 0.2) is 5.78 Å². The van der Waals surface area contributed by atoms with E-state index in [1.807, 2.05) is 45.0 Å². The monoisotopic (exact) mass is 385 g/mol. The molecular formula is C27H31NO. The molecule has 0 aromatic heterocycles. The molecule has 2 aromatic carbocycles. The first-order valence-corrected chi connectivity index (χ1v) is 10.1. The third-order valence-corrected chi connectivity index (χ3v) is 5.09. The molecule has 0 N–H and O–H groups in total. The number of carbonyl (C=O) groups is 1. The van der Waals surface area contributed by atoms with Crippen LogP contribution in [0.4, 0.5) is 5.69 Å². The Hall–Kier alpha value is -3.00. The number of hydrogen-bond donors (Lipinski definition) is 0. The third-order valence-electron chi connectivity index (χ3n) is 5.09. The molecule has 2 rings (SSSR count). The fourth-order valence-corrected chi connectivity index (χ4v) is 3.22. The van der Waals surface area contributed by atoms with Crippen molar-refractivity contribution < 1.29 is 4.79 Å². The predicted octanol–water partition coefficient (Wildman–Crippen LogP) is 7.57. The van der Waals surface area contributed by atoms with Gasteiger partial charge in [-0.25, -0.2) is 0 Å². The smallest absolute Gasteiger partial charge is 0.159 e. The van der Waals surface area contributed by atoms with Gasteiger partial charge >= 0.3 is 0 Å². The summed E-state index contributed by atoms with van der Waals surface area (Å²) in [5.41, 5.74) is 9.27. The number of Topliss-reactive ketones (excluding diaryl/α,β-unsaturated/α-hetero) is 1.